The molecule has 0 atom stereocenters. The van der Waals surface area contributed by atoms with E-state index in [2.05, 4.69) is 0 Å². The number of sulfonamides is 1. The molecule has 3 nitrogen and oxygen atoms in total. The van der Waals surface area contributed by atoms with Crippen molar-refractivity contribution in [1.82, 2.24) is 0 Å². The quantitative estimate of drug-likeness (QED) is 0.920. The summed E-state index contributed by atoms with van der Waals surface area (Å²) in [4.78, 5) is 0. The first kappa shape index (κ1) is 15.5. The van der Waals surface area contributed by atoms with Crippen molar-refractivity contribution < 1.29 is 17.2 Å². The van der Waals surface area contributed by atoms with Gasteiger partial charge in [-0.25, -0.2) is 17.2 Å². The molecule has 0 saturated carbocycles. The molecule has 0 aliphatic heterocycles. The maximum atomic E-state index is 13.4. The molecule has 0 aliphatic carbocycles. The van der Waals surface area contributed by atoms with Crippen molar-refractivity contribution in [3.05, 3.63) is 70.1 Å². The number of anilines is 1. The van der Waals surface area contributed by atoms with Crippen molar-refractivity contribution in [2.75, 3.05) is 4.72 Å². The normalized spacial score (nSPS) is 11.8. The highest BCUT2D eigenvalue weighted by Crippen LogP contribution is 2.20. The number of benzene rings is 2. The second-order valence-corrected chi connectivity index (χ2v) is 6.10. The molecule has 21 heavy (non-hydrogen) atoms. The van der Waals surface area contributed by atoms with Crippen LogP contribution >= 0.6 is 11.6 Å². The predicted octanol–water partition coefficient (Wildman–Crippen LogP) is 4.03. The van der Waals surface area contributed by atoms with Crippen molar-refractivity contribution in [1.29, 1.82) is 0 Å². The van der Waals surface area contributed by atoms with Gasteiger partial charge < -0.3 is 0 Å². The van der Waals surface area contributed by atoms with E-state index in [9.17, 15) is 17.2 Å². The lowest BCUT2D eigenvalue weighted by Crippen LogP contribution is -2.11. The van der Waals surface area contributed by atoms with Crippen molar-refractivity contribution in [2.45, 2.75) is 0 Å². The van der Waals surface area contributed by atoms with Crippen LogP contribution in [0.15, 0.2) is 47.9 Å². The minimum Gasteiger partial charge on any atom is -0.274 e. The smallest absolute Gasteiger partial charge is 0.255 e. The highest BCUT2D eigenvalue weighted by atomic mass is 35.5. The first-order chi connectivity index (χ1) is 9.87. The van der Waals surface area contributed by atoms with Crippen LogP contribution in [-0.4, -0.2) is 8.42 Å². The van der Waals surface area contributed by atoms with Crippen LogP contribution in [0.2, 0.25) is 5.02 Å². The molecule has 7 heteroatoms. The van der Waals surface area contributed by atoms with Gasteiger partial charge in [0.05, 0.1) is 5.41 Å². The van der Waals surface area contributed by atoms with Crippen LogP contribution in [-0.2, 0) is 10.0 Å². The van der Waals surface area contributed by atoms with Gasteiger partial charge in [-0.2, -0.15) is 0 Å². The molecule has 0 spiro atoms. The van der Waals surface area contributed by atoms with E-state index >= 15 is 0 Å². The summed E-state index contributed by atoms with van der Waals surface area (Å²) in [5.41, 5.74) is -0.128. The summed E-state index contributed by atoms with van der Waals surface area (Å²) >= 11 is 5.71. The van der Waals surface area contributed by atoms with Crippen LogP contribution in [0.25, 0.3) is 6.08 Å². The molecule has 2 rings (SSSR count). The van der Waals surface area contributed by atoms with Crippen molar-refractivity contribution in [3.8, 4) is 0 Å². The van der Waals surface area contributed by atoms with Gasteiger partial charge in [-0.15, -0.1) is 0 Å². The van der Waals surface area contributed by atoms with Crippen LogP contribution in [0.3, 0.4) is 0 Å². The van der Waals surface area contributed by atoms with Crippen LogP contribution in [0.4, 0.5) is 14.5 Å². The molecule has 0 fully saturated rings. The van der Waals surface area contributed by atoms with Crippen molar-refractivity contribution in [3.63, 3.8) is 0 Å². The molecule has 0 amide bonds. The molecule has 0 unspecified atom stereocenters. The third kappa shape index (κ3) is 4.27. The van der Waals surface area contributed by atoms with Crippen molar-refractivity contribution >= 4 is 33.4 Å². The number of para-hydroxylation sites is 1. The molecule has 0 saturated heterocycles. The van der Waals surface area contributed by atoms with Gasteiger partial charge in [-0.1, -0.05) is 29.8 Å². The van der Waals surface area contributed by atoms with Crippen LogP contribution < -0.4 is 4.72 Å². The fourth-order valence-corrected chi connectivity index (χ4v) is 2.52. The SMILES string of the molecule is O=S(=O)(/C=C/c1ccc(Cl)cc1)Nc1c(F)cccc1F. The summed E-state index contributed by atoms with van der Waals surface area (Å²) in [7, 11) is -4.03. The maximum absolute atomic E-state index is 13.4. The van der Waals surface area contributed by atoms with Gasteiger partial charge in [0.2, 0.25) is 0 Å². The first-order valence-electron chi connectivity index (χ1n) is 5.78. The molecule has 110 valence electrons. The number of hydrogen-bond acceptors (Lipinski definition) is 2. The van der Waals surface area contributed by atoms with E-state index in [-0.39, 0.29) is 0 Å². The van der Waals surface area contributed by atoms with Crippen LogP contribution in [0, 0.1) is 11.6 Å². The van der Waals surface area contributed by atoms with Gasteiger partial charge in [0.1, 0.15) is 17.3 Å². The highest BCUT2D eigenvalue weighted by molar-refractivity contribution is 7.95. The van der Waals surface area contributed by atoms with Gasteiger partial charge in [-0.3, -0.25) is 4.72 Å². The summed E-state index contributed by atoms with van der Waals surface area (Å²) in [6, 6.07) is 9.48. The average Bonchev–Trinajstić information content (AvgIpc) is 2.43. The fourth-order valence-electron chi connectivity index (χ4n) is 1.51. The molecule has 0 aromatic heterocycles. The van der Waals surface area contributed by atoms with E-state index in [1.807, 2.05) is 4.72 Å². The summed E-state index contributed by atoms with van der Waals surface area (Å²) in [6.07, 6.45) is 1.29. The lowest BCUT2D eigenvalue weighted by atomic mass is 10.2. The van der Waals surface area contributed by atoms with E-state index < -0.39 is 27.3 Å². The summed E-state index contributed by atoms with van der Waals surface area (Å²) in [5.74, 6) is -1.98. The van der Waals surface area contributed by atoms with E-state index in [4.69, 9.17) is 11.6 Å². The molecule has 0 heterocycles. The van der Waals surface area contributed by atoms with E-state index in [0.717, 1.165) is 23.6 Å². The zero-order valence-corrected chi connectivity index (χ0v) is 12.1. The third-order valence-corrected chi connectivity index (χ3v) is 3.75. The largest absolute Gasteiger partial charge is 0.274 e. The third-order valence-electron chi connectivity index (χ3n) is 2.52. The molecule has 0 aliphatic rings. The second-order valence-electron chi connectivity index (χ2n) is 4.10. The van der Waals surface area contributed by atoms with Gasteiger partial charge in [0, 0.05) is 5.02 Å². The monoisotopic (exact) mass is 329 g/mol. The Kier molecular flexibility index (Phi) is 4.59. The zero-order valence-electron chi connectivity index (χ0n) is 10.6. The maximum Gasteiger partial charge on any atom is 0.255 e. The Labute approximate surface area is 125 Å². The summed E-state index contributed by atoms with van der Waals surface area (Å²) < 4.78 is 52.2. The standard InChI is InChI=1S/C14H10ClF2NO2S/c15-11-6-4-10(5-7-11)8-9-21(19,20)18-14-12(16)2-1-3-13(14)17/h1-9,18H/b9-8+. The topological polar surface area (TPSA) is 46.2 Å². The zero-order chi connectivity index (χ0) is 15.5. The van der Waals surface area contributed by atoms with Gasteiger partial charge in [0.15, 0.2) is 0 Å². The van der Waals surface area contributed by atoms with Gasteiger partial charge >= 0.3 is 0 Å². The Morgan fingerprint density at radius 1 is 1.00 bits per heavy atom. The number of hydrogen-bond donors (Lipinski definition) is 1. The average molecular weight is 330 g/mol. The Bertz CT molecular complexity index is 754. The van der Waals surface area contributed by atoms with E-state index in [0.29, 0.717) is 10.6 Å². The Morgan fingerprint density at radius 2 is 1.57 bits per heavy atom. The molecule has 0 bridgehead atoms. The number of halogens is 3. The number of rotatable bonds is 4. The predicted molar refractivity (Wildman–Crippen MR) is 79.4 cm³/mol. The highest BCUT2D eigenvalue weighted by Gasteiger charge is 2.14. The summed E-state index contributed by atoms with van der Waals surface area (Å²) in [6.45, 7) is 0. The van der Waals surface area contributed by atoms with Crippen LogP contribution in [0.1, 0.15) is 5.56 Å². The minimum atomic E-state index is -4.03. The van der Waals surface area contributed by atoms with Crippen molar-refractivity contribution in [2.24, 2.45) is 0 Å². The lowest BCUT2D eigenvalue weighted by Gasteiger charge is -2.06. The van der Waals surface area contributed by atoms with E-state index in [1.165, 1.54) is 6.08 Å². The van der Waals surface area contributed by atoms with E-state index in [1.54, 1.807) is 24.3 Å². The Morgan fingerprint density at radius 3 is 2.14 bits per heavy atom. The van der Waals surface area contributed by atoms with Crippen LogP contribution in [0.5, 0.6) is 0 Å². The van der Waals surface area contributed by atoms with Gasteiger partial charge in [0.25, 0.3) is 10.0 Å². The molecular formula is C14H10ClF2NO2S. The Hall–Kier alpha value is -1.92. The molecule has 1 N–H and O–H groups in total. The molecule has 2 aromatic rings. The summed E-state index contributed by atoms with van der Waals surface area (Å²) in [5, 5.41) is 1.34. The lowest BCUT2D eigenvalue weighted by molar-refractivity contribution is 0.585. The second kappa shape index (κ2) is 6.24. The molecule has 0 radical (unpaired) electrons. The number of nitrogens with one attached hydrogen (secondary N) is 1. The Balaban J connectivity index is 2.21. The molecular weight excluding hydrogens is 320 g/mol. The molecule has 2 aromatic carbocycles. The first-order valence-corrected chi connectivity index (χ1v) is 7.70. The minimum absolute atomic E-state index is 0.515. The fraction of sp³-hybridized carbons (Fsp3) is 0. The van der Waals surface area contributed by atoms with Gasteiger partial charge in [-0.05, 0) is 35.9 Å².